The lowest BCUT2D eigenvalue weighted by Crippen LogP contribution is -2.53. The molecule has 1 unspecified atom stereocenters. The quantitative estimate of drug-likeness (QED) is 0.549. The number of nitrogens with zero attached hydrogens (tertiary/aromatic N) is 4. The van der Waals surface area contributed by atoms with Crippen LogP contribution in [0.25, 0.3) is 0 Å². The van der Waals surface area contributed by atoms with Gasteiger partial charge < -0.3 is 16.4 Å². The Bertz CT molecular complexity index is 364. The third-order valence-corrected chi connectivity index (χ3v) is 2.61. The Hall–Kier alpha value is -1.56. The molecule has 14 heavy (non-hydrogen) atoms. The minimum absolute atomic E-state index is 0.280. The van der Waals surface area contributed by atoms with Crippen LogP contribution >= 0.6 is 0 Å². The Morgan fingerprint density at radius 3 is 2.93 bits per heavy atom. The molecule has 4 N–H and O–H groups in total. The van der Waals surface area contributed by atoms with E-state index < -0.39 is 0 Å². The highest BCUT2D eigenvalue weighted by molar-refractivity contribution is 5.83. The van der Waals surface area contributed by atoms with E-state index in [9.17, 15) is 0 Å². The van der Waals surface area contributed by atoms with Crippen molar-refractivity contribution >= 4 is 12.3 Å². The molecule has 0 spiro atoms. The minimum atomic E-state index is -0.280. The highest BCUT2D eigenvalue weighted by atomic mass is 15.4. The fourth-order valence-corrected chi connectivity index (χ4v) is 1.77. The number of guanidine groups is 1. The molecule has 0 aromatic rings. The molecule has 3 aliphatic rings. The Balaban J connectivity index is 1.98. The first-order valence-corrected chi connectivity index (χ1v) is 4.63. The van der Waals surface area contributed by atoms with Gasteiger partial charge in [-0.1, -0.05) is 0 Å². The lowest BCUT2D eigenvalue weighted by molar-refractivity contribution is 0.328. The van der Waals surface area contributed by atoms with E-state index >= 15 is 0 Å². The summed E-state index contributed by atoms with van der Waals surface area (Å²) in [5.74, 6) is 1.03. The van der Waals surface area contributed by atoms with Crippen LogP contribution in [0.5, 0.6) is 0 Å². The van der Waals surface area contributed by atoms with Crippen LogP contribution < -0.4 is 16.8 Å². The number of aliphatic imine (C=N–C) groups is 2. The predicted octanol–water partition coefficient (Wildman–Crippen LogP) is -1.12. The minimum Gasteiger partial charge on any atom is -0.369 e. The summed E-state index contributed by atoms with van der Waals surface area (Å²) in [5, 5.41) is 3.99. The lowest BCUT2D eigenvalue weighted by Gasteiger charge is -2.32. The van der Waals surface area contributed by atoms with Crippen molar-refractivity contribution in [3.8, 4) is 0 Å². The molecule has 1 atom stereocenters. The molecular formula is C8H11N6. The van der Waals surface area contributed by atoms with Gasteiger partial charge in [0, 0.05) is 6.04 Å². The summed E-state index contributed by atoms with van der Waals surface area (Å²) >= 11 is 0. The molecule has 0 bridgehead atoms. The van der Waals surface area contributed by atoms with Gasteiger partial charge in [-0.15, -0.1) is 0 Å². The fraction of sp³-hybridized carbons (Fsp3) is 0.500. The molecule has 1 fully saturated rings. The molecule has 1 radical (unpaired) electrons. The lowest BCUT2D eigenvalue weighted by atomic mass is 10.3. The van der Waals surface area contributed by atoms with Crippen LogP contribution in [-0.2, 0) is 0 Å². The molecular weight excluding hydrogens is 180 g/mol. The molecule has 0 saturated heterocycles. The zero-order valence-electron chi connectivity index (χ0n) is 7.59. The SMILES string of the molecule is NC1=NC2=C(N=C[N]2)C(N)N1C1CC1. The summed E-state index contributed by atoms with van der Waals surface area (Å²) in [6, 6.07) is 0.443. The highest BCUT2D eigenvalue weighted by Gasteiger charge is 2.39. The second-order valence-electron chi connectivity index (χ2n) is 3.64. The van der Waals surface area contributed by atoms with Crippen molar-refractivity contribution in [3.63, 3.8) is 0 Å². The fourth-order valence-electron chi connectivity index (χ4n) is 1.77. The Labute approximate surface area is 81.4 Å². The topological polar surface area (TPSA) is 94.1 Å². The smallest absolute Gasteiger partial charge is 0.199 e. The average Bonchev–Trinajstić information content (AvgIpc) is 2.84. The van der Waals surface area contributed by atoms with Crippen LogP contribution in [0.3, 0.4) is 0 Å². The summed E-state index contributed by atoms with van der Waals surface area (Å²) in [7, 11) is 0. The van der Waals surface area contributed by atoms with Crippen molar-refractivity contribution in [2.45, 2.75) is 25.0 Å². The number of hydrogen-bond donors (Lipinski definition) is 2. The van der Waals surface area contributed by atoms with Crippen LogP contribution in [0.1, 0.15) is 12.8 Å². The van der Waals surface area contributed by atoms with Gasteiger partial charge in [0.15, 0.2) is 11.8 Å². The zero-order valence-corrected chi connectivity index (χ0v) is 7.59. The second-order valence-corrected chi connectivity index (χ2v) is 3.64. The first-order valence-electron chi connectivity index (χ1n) is 4.63. The Morgan fingerprint density at radius 2 is 2.21 bits per heavy atom. The molecule has 6 nitrogen and oxygen atoms in total. The van der Waals surface area contributed by atoms with Crippen molar-refractivity contribution in [1.29, 1.82) is 0 Å². The van der Waals surface area contributed by atoms with E-state index in [2.05, 4.69) is 15.3 Å². The van der Waals surface area contributed by atoms with Gasteiger partial charge in [0.25, 0.3) is 0 Å². The standard InChI is InChI=1S/C8H11N6/c9-6-5-7(12-3-11-5)13-8(10)14(6)4-1-2-4/h3-4,6H,1-2,9H2,(H2,10,13). The van der Waals surface area contributed by atoms with Gasteiger partial charge in [-0.2, -0.15) is 4.99 Å². The highest BCUT2D eigenvalue weighted by Crippen LogP contribution is 2.32. The molecule has 1 saturated carbocycles. The molecule has 2 heterocycles. The molecule has 73 valence electrons. The number of rotatable bonds is 1. The third kappa shape index (κ3) is 0.941. The van der Waals surface area contributed by atoms with Crippen molar-refractivity contribution in [2.24, 2.45) is 21.5 Å². The molecule has 0 amide bonds. The summed E-state index contributed by atoms with van der Waals surface area (Å²) in [6.45, 7) is 0. The molecule has 3 rings (SSSR count). The van der Waals surface area contributed by atoms with Gasteiger partial charge in [-0.25, -0.2) is 10.3 Å². The van der Waals surface area contributed by atoms with Crippen molar-refractivity contribution < 1.29 is 0 Å². The summed E-state index contributed by atoms with van der Waals surface area (Å²) in [4.78, 5) is 10.2. The van der Waals surface area contributed by atoms with E-state index in [1.54, 1.807) is 0 Å². The van der Waals surface area contributed by atoms with Crippen LogP contribution in [0.2, 0.25) is 0 Å². The molecule has 1 aliphatic carbocycles. The van der Waals surface area contributed by atoms with Crippen LogP contribution in [0.4, 0.5) is 0 Å². The molecule has 2 aliphatic heterocycles. The number of hydrogen-bond acceptors (Lipinski definition) is 5. The van der Waals surface area contributed by atoms with E-state index in [0.29, 0.717) is 17.8 Å². The van der Waals surface area contributed by atoms with E-state index in [4.69, 9.17) is 11.5 Å². The van der Waals surface area contributed by atoms with E-state index in [-0.39, 0.29) is 6.17 Å². The van der Waals surface area contributed by atoms with Crippen LogP contribution in [-0.4, -0.2) is 29.4 Å². The van der Waals surface area contributed by atoms with E-state index in [1.807, 2.05) is 4.90 Å². The average molecular weight is 191 g/mol. The summed E-state index contributed by atoms with van der Waals surface area (Å²) in [5.41, 5.74) is 12.6. The van der Waals surface area contributed by atoms with Gasteiger partial charge in [0.2, 0.25) is 0 Å². The molecule has 0 aromatic heterocycles. The first kappa shape index (κ1) is 7.81. The number of nitrogens with two attached hydrogens (primary N) is 2. The predicted molar refractivity (Wildman–Crippen MR) is 52.1 cm³/mol. The van der Waals surface area contributed by atoms with E-state index in [1.165, 1.54) is 6.34 Å². The maximum Gasteiger partial charge on any atom is 0.199 e. The summed E-state index contributed by atoms with van der Waals surface area (Å²) < 4.78 is 0. The van der Waals surface area contributed by atoms with Crippen molar-refractivity contribution in [2.75, 3.05) is 0 Å². The molecule has 0 aromatic carbocycles. The van der Waals surface area contributed by atoms with E-state index in [0.717, 1.165) is 18.5 Å². The molecule has 6 heteroatoms. The van der Waals surface area contributed by atoms with Crippen molar-refractivity contribution in [3.05, 3.63) is 11.5 Å². The normalized spacial score (nSPS) is 30.2. The van der Waals surface area contributed by atoms with Gasteiger partial charge in [0.05, 0.1) is 0 Å². The third-order valence-electron chi connectivity index (χ3n) is 2.61. The maximum absolute atomic E-state index is 6.03. The second kappa shape index (κ2) is 2.48. The summed E-state index contributed by atoms with van der Waals surface area (Å²) in [6.07, 6.45) is 3.45. The van der Waals surface area contributed by atoms with Crippen LogP contribution in [0.15, 0.2) is 21.5 Å². The zero-order chi connectivity index (χ0) is 9.71. The van der Waals surface area contributed by atoms with Crippen molar-refractivity contribution in [1.82, 2.24) is 10.2 Å². The monoisotopic (exact) mass is 191 g/mol. The first-order chi connectivity index (χ1) is 6.77. The largest absolute Gasteiger partial charge is 0.369 e. The van der Waals surface area contributed by atoms with Gasteiger partial charge in [-0.3, -0.25) is 0 Å². The Morgan fingerprint density at radius 1 is 1.43 bits per heavy atom. The van der Waals surface area contributed by atoms with Crippen LogP contribution in [0, 0.1) is 0 Å². The maximum atomic E-state index is 6.03. The van der Waals surface area contributed by atoms with Gasteiger partial charge in [-0.05, 0) is 12.8 Å². The van der Waals surface area contributed by atoms with Gasteiger partial charge >= 0.3 is 0 Å². The Kier molecular flexibility index (Phi) is 1.38. The van der Waals surface area contributed by atoms with Gasteiger partial charge in [0.1, 0.15) is 18.2 Å².